The molecule has 1 N–H and O–H groups in total. The van der Waals surface area contributed by atoms with E-state index in [-0.39, 0.29) is 24.1 Å². The minimum atomic E-state index is -0.312. The number of nitrogens with zero attached hydrogens (tertiary/aromatic N) is 2. The molecule has 1 amide bonds. The Morgan fingerprint density at radius 1 is 1.14 bits per heavy atom. The van der Waals surface area contributed by atoms with Gasteiger partial charge in [-0.05, 0) is 49.3 Å². The quantitative estimate of drug-likeness (QED) is 0.767. The largest absolute Gasteiger partial charge is 0.454 e. The number of anilines is 1. The molecule has 6 nitrogen and oxygen atoms in total. The van der Waals surface area contributed by atoms with Crippen LogP contribution < -0.4 is 14.8 Å². The van der Waals surface area contributed by atoms with Crippen molar-refractivity contribution in [1.29, 1.82) is 0 Å². The molecule has 1 spiro atoms. The molecule has 3 heterocycles. The molecular formula is C21H21N3O3S2. The molecule has 0 radical (unpaired) electrons. The molecule has 1 aromatic carbocycles. The zero-order chi connectivity index (χ0) is 19.7. The molecule has 3 aliphatic rings. The maximum atomic E-state index is 12.5. The molecule has 1 aliphatic carbocycles. The van der Waals surface area contributed by atoms with Gasteiger partial charge in [0.15, 0.2) is 17.2 Å². The fourth-order valence-corrected chi connectivity index (χ4v) is 5.49. The second kappa shape index (κ2) is 7.84. The Kier molecular flexibility index (Phi) is 5.05. The molecule has 5 rings (SSSR count). The van der Waals surface area contributed by atoms with Crippen LogP contribution in [-0.4, -0.2) is 34.9 Å². The van der Waals surface area contributed by atoms with Crippen molar-refractivity contribution in [3.05, 3.63) is 40.6 Å². The second-order valence-corrected chi connectivity index (χ2v) is 9.21. The predicted molar refractivity (Wildman–Crippen MR) is 118 cm³/mol. The van der Waals surface area contributed by atoms with Crippen molar-refractivity contribution in [2.45, 2.75) is 37.8 Å². The van der Waals surface area contributed by atoms with Gasteiger partial charge in [0.1, 0.15) is 10.8 Å². The molecule has 1 saturated carbocycles. The van der Waals surface area contributed by atoms with Gasteiger partial charge in [0.25, 0.3) is 0 Å². The molecule has 1 fully saturated rings. The summed E-state index contributed by atoms with van der Waals surface area (Å²) in [6, 6.07) is 9.52. The van der Waals surface area contributed by atoms with E-state index in [1.807, 2.05) is 12.1 Å². The maximum Gasteiger partial charge on any atom is 0.234 e. The number of amides is 1. The van der Waals surface area contributed by atoms with E-state index in [1.54, 1.807) is 23.5 Å². The lowest BCUT2D eigenvalue weighted by Gasteiger charge is -2.27. The van der Waals surface area contributed by atoms with Crippen LogP contribution in [0.3, 0.4) is 0 Å². The van der Waals surface area contributed by atoms with E-state index in [4.69, 9.17) is 19.5 Å². The normalized spacial score (nSPS) is 19.2. The van der Waals surface area contributed by atoms with E-state index in [9.17, 15) is 4.79 Å². The zero-order valence-electron chi connectivity index (χ0n) is 15.8. The fourth-order valence-electron chi connectivity index (χ4n) is 3.84. The summed E-state index contributed by atoms with van der Waals surface area (Å²) < 4.78 is 10.7. The summed E-state index contributed by atoms with van der Waals surface area (Å²) in [5.74, 6) is 1.56. The van der Waals surface area contributed by atoms with Crippen molar-refractivity contribution in [2.75, 3.05) is 17.9 Å². The summed E-state index contributed by atoms with van der Waals surface area (Å²) in [5.41, 5.74) is 1.33. The number of hydrogen-bond donors (Lipinski definition) is 1. The Hall–Kier alpha value is -2.32. The third-order valence-corrected chi connectivity index (χ3v) is 7.08. The maximum absolute atomic E-state index is 12.5. The number of fused-ring (bicyclic) bond motifs is 1. The molecule has 0 bridgehead atoms. The first-order chi connectivity index (χ1) is 14.2. The lowest BCUT2D eigenvalue weighted by Crippen LogP contribution is -2.25. The van der Waals surface area contributed by atoms with Crippen LogP contribution in [0.15, 0.2) is 45.7 Å². The summed E-state index contributed by atoms with van der Waals surface area (Å²) in [4.78, 5) is 23.7. The number of nitrogens with one attached hydrogen (secondary N) is 1. The number of carbonyl (C=O) groups excluding carboxylic acids is 1. The van der Waals surface area contributed by atoms with Crippen LogP contribution in [0.1, 0.15) is 37.0 Å². The van der Waals surface area contributed by atoms with Crippen molar-refractivity contribution in [2.24, 2.45) is 9.98 Å². The van der Waals surface area contributed by atoms with Crippen molar-refractivity contribution in [3.8, 4) is 11.5 Å². The van der Waals surface area contributed by atoms with Crippen molar-refractivity contribution in [3.63, 3.8) is 0 Å². The van der Waals surface area contributed by atoms with Gasteiger partial charge in [-0.15, -0.1) is 11.3 Å². The SMILES string of the molecule is O=C(CSC1=NC2(CCCCC2)N=C1c1cccs1)Nc1ccc2c(c1)OCO2. The molecule has 150 valence electrons. The number of benzene rings is 1. The summed E-state index contributed by atoms with van der Waals surface area (Å²) in [6.45, 7) is 0.217. The van der Waals surface area contributed by atoms with Gasteiger partial charge in [0.2, 0.25) is 12.7 Å². The first kappa shape index (κ1) is 18.7. The van der Waals surface area contributed by atoms with Crippen molar-refractivity contribution >= 4 is 45.4 Å². The van der Waals surface area contributed by atoms with Crippen LogP contribution in [-0.2, 0) is 4.79 Å². The second-order valence-electron chi connectivity index (χ2n) is 7.30. The predicted octanol–water partition coefficient (Wildman–Crippen LogP) is 4.71. The standard InChI is InChI=1S/C21H21N3O3S2/c25-18(22-14-6-7-15-16(11-14)27-13-26-15)12-29-20-19(17-5-4-10-28-17)23-21(24-20)8-2-1-3-9-21/h4-7,10-11H,1-3,8-9,12-13H2,(H,22,25). The molecule has 29 heavy (non-hydrogen) atoms. The van der Waals surface area contributed by atoms with Gasteiger partial charge in [-0.3, -0.25) is 9.79 Å². The third-order valence-electron chi connectivity index (χ3n) is 5.24. The van der Waals surface area contributed by atoms with Crippen LogP contribution in [0.5, 0.6) is 11.5 Å². The minimum Gasteiger partial charge on any atom is -0.454 e. The Bertz CT molecular complexity index is 979. The van der Waals surface area contributed by atoms with Crippen molar-refractivity contribution in [1.82, 2.24) is 0 Å². The average Bonchev–Trinajstić information content (AvgIpc) is 3.47. The Balaban J connectivity index is 1.28. The molecule has 1 aromatic heterocycles. The number of ether oxygens (including phenoxy) is 2. The Morgan fingerprint density at radius 2 is 2.00 bits per heavy atom. The van der Waals surface area contributed by atoms with E-state index in [0.29, 0.717) is 17.2 Å². The number of aliphatic imine (C=N–C) groups is 2. The minimum absolute atomic E-state index is 0.0771. The van der Waals surface area contributed by atoms with Gasteiger partial charge in [-0.1, -0.05) is 24.2 Å². The molecule has 2 aliphatic heterocycles. The van der Waals surface area contributed by atoms with Crippen molar-refractivity contribution < 1.29 is 14.3 Å². The number of thiophene rings is 1. The molecule has 0 saturated heterocycles. The lowest BCUT2D eigenvalue weighted by atomic mass is 9.90. The highest BCUT2D eigenvalue weighted by atomic mass is 32.2. The Morgan fingerprint density at radius 3 is 2.83 bits per heavy atom. The molecule has 0 unspecified atom stereocenters. The van der Waals surface area contributed by atoms with Gasteiger partial charge in [-0.25, -0.2) is 4.99 Å². The summed E-state index contributed by atoms with van der Waals surface area (Å²) in [7, 11) is 0. The van der Waals surface area contributed by atoms with Gasteiger partial charge < -0.3 is 14.8 Å². The van der Waals surface area contributed by atoms with E-state index in [0.717, 1.165) is 41.3 Å². The van der Waals surface area contributed by atoms with E-state index >= 15 is 0 Å². The number of rotatable bonds is 4. The zero-order valence-corrected chi connectivity index (χ0v) is 17.5. The molecular weight excluding hydrogens is 406 g/mol. The number of carbonyl (C=O) groups is 1. The summed E-state index contributed by atoms with van der Waals surface area (Å²) >= 11 is 3.14. The Labute approximate surface area is 177 Å². The van der Waals surface area contributed by atoms with Crippen LogP contribution in [0.2, 0.25) is 0 Å². The molecule has 8 heteroatoms. The van der Waals surface area contributed by atoms with Crippen LogP contribution >= 0.6 is 23.1 Å². The first-order valence-corrected chi connectivity index (χ1v) is 11.6. The van der Waals surface area contributed by atoms with Crippen LogP contribution in [0.25, 0.3) is 0 Å². The van der Waals surface area contributed by atoms with Gasteiger partial charge in [0.05, 0.1) is 10.6 Å². The highest BCUT2D eigenvalue weighted by molar-refractivity contribution is 8.16. The fraction of sp³-hybridized carbons (Fsp3) is 0.381. The lowest BCUT2D eigenvalue weighted by molar-refractivity contribution is -0.113. The monoisotopic (exact) mass is 427 g/mol. The number of thioether (sulfide) groups is 1. The summed E-state index contributed by atoms with van der Waals surface area (Å²) in [6.07, 6.45) is 5.56. The van der Waals surface area contributed by atoms with E-state index in [2.05, 4.69) is 16.8 Å². The smallest absolute Gasteiger partial charge is 0.234 e. The van der Waals surface area contributed by atoms with Gasteiger partial charge in [-0.2, -0.15) is 0 Å². The van der Waals surface area contributed by atoms with Gasteiger partial charge in [0, 0.05) is 11.8 Å². The number of hydrogen-bond acceptors (Lipinski definition) is 7. The highest BCUT2D eigenvalue weighted by Crippen LogP contribution is 2.39. The third kappa shape index (κ3) is 3.91. The topological polar surface area (TPSA) is 72.3 Å². The highest BCUT2D eigenvalue weighted by Gasteiger charge is 2.38. The van der Waals surface area contributed by atoms with E-state index in [1.165, 1.54) is 18.2 Å². The average molecular weight is 428 g/mol. The van der Waals surface area contributed by atoms with Crippen LogP contribution in [0, 0.1) is 0 Å². The van der Waals surface area contributed by atoms with Gasteiger partial charge >= 0.3 is 0 Å². The molecule has 2 aromatic rings. The first-order valence-electron chi connectivity index (χ1n) is 9.77. The van der Waals surface area contributed by atoms with Crippen LogP contribution in [0.4, 0.5) is 5.69 Å². The summed E-state index contributed by atoms with van der Waals surface area (Å²) in [5, 5.41) is 5.87. The van der Waals surface area contributed by atoms with E-state index < -0.39 is 0 Å². The molecule has 0 atom stereocenters.